The number of alkyl halides is 6. The standard InChI is InChI=1S/C16H36N4S2.2CHF3O3S.Ni/c1-21-15-13-19-9-3-5-18-8-12-20(14-16-22-2)10-4-6-17-7-11-19;2*2-1(3,4)8(5,6)7;/h17-18H,3-16H2,1-2H3;2*(H,5,6,7);/q;;;+2/p-2. The quantitative estimate of drug-likeness (QED) is 0.178. The fourth-order valence-corrected chi connectivity index (χ4v) is 3.57. The second-order valence-corrected chi connectivity index (χ2v) is 12.4. The monoisotopic (exact) mass is 704 g/mol. The van der Waals surface area contributed by atoms with Crippen LogP contribution in [0.15, 0.2) is 0 Å². The summed E-state index contributed by atoms with van der Waals surface area (Å²) in [6.07, 6.45) is 6.93. The Morgan fingerprint density at radius 3 is 1.18 bits per heavy atom. The van der Waals surface area contributed by atoms with Crippen LogP contribution in [0.2, 0.25) is 0 Å². The van der Waals surface area contributed by atoms with E-state index in [2.05, 4.69) is 32.9 Å². The van der Waals surface area contributed by atoms with Crippen LogP contribution in [0, 0.1) is 0 Å². The Hall–Kier alpha value is 0.434. The Morgan fingerprint density at radius 1 is 0.667 bits per heavy atom. The van der Waals surface area contributed by atoms with Crippen LogP contribution in [0.1, 0.15) is 12.8 Å². The normalized spacial score (nSPS) is 17.9. The molecule has 240 valence electrons. The zero-order valence-electron chi connectivity index (χ0n) is 21.5. The van der Waals surface area contributed by atoms with Gasteiger partial charge in [-0.25, -0.2) is 16.8 Å². The summed E-state index contributed by atoms with van der Waals surface area (Å²) in [6, 6.07) is 0. The van der Waals surface area contributed by atoms with Crippen molar-refractivity contribution in [1.29, 1.82) is 0 Å². The third-order valence-corrected chi connectivity index (χ3v) is 6.97. The minimum atomic E-state index is -6.09. The fraction of sp³-hybridized carbons (Fsp3) is 1.00. The summed E-state index contributed by atoms with van der Waals surface area (Å²) in [5.74, 6) is 2.50. The first kappa shape index (κ1) is 43.9. The van der Waals surface area contributed by atoms with Gasteiger partial charge in [0.05, 0.1) is 0 Å². The molecule has 0 bridgehead atoms. The summed E-state index contributed by atoms with van der Waals surface area (Å²) in [5, 5.41) is 7.25. The van der Waals surface area contributed by atoms with E-state index in [4.69, 9.17) is 25.9 Å². The number of nitrogens with one attached hydrogen (secondary N) is 2. The predicted molar refractivity (Wildman–Crippen MR) is 136 cm³/mol. The molecule has 1 saturated heterocycles. The maximum absolute atomic E-state index is 10.7. The van der Waals surface area contributed by atoms with Crippen molar-refractivity contribution in [3.63, 3.8) is 0 Å². The SMILES string of the molecule is CSCCN1CCCNCCN(CCSC)CCCNCC1.O=S(=O)([O-])C(F)(F)F.O=S(=O)([O-])C(F)(F)F.[Ni+2]. The Morgan fingerprint density at radius 2 is 0.949 bits per heavy atom. The summed E-state index contributed by atoms with van der Waals surface area (Å²) in [5.41, 5.74) is -11.3. The van der Waals surface area contributed by atoms with Crippen LogP contribution in [0.5, 0.6) is 0 Å². The van der Waals surface area contributed by atoms with Crippen molar-refractivity contribution in [3.05, 3.63) is 0 Å². The van der Waals surface area contributed by atoms with Crippen LogP contribution >= 0.6 is 23.5 Å². The van der Waals surface area contributed by atoms with E-state index in [-0.39, 0.29) is 16.5 Å². The van der Waals surface area contributed by atoms with Crippen molar-refractivity contribution in [1.82, 2.24) is 20.4 Å². The van der Waals surface area contributed by atoms with Gasteiger partial charge in [-0.1, -0.05) is 0 Å². The smallest absolute Gasteiger partial charge is 0.741 e. The van der Waals surface area contributed by atoms with Gasteiger partial charge in [-0.2, -0.15) is 49.9 Å². The Kier molecular flexibility index (Phi) is 25.8. The van der Waals surface area contributed by atoms with Crippen LogP contribution in [0.25, 0.3) is 0 Å². The molecule has 0 aromatic heterocycles. The number of rotatable bonds is 6. The van der Waals surface area contributed by atoms with Crippen molar-refractivity contribution < 1.29 is 68.8 Å². The first-order valence-electron chi connectivity index (χ1n) is 11.2. The van der Waals surface area contributed by atoms with Crippen molar-refractivity contribution >= 4 is 43.8 Å². The predicted octanol–water partition coefficient (Wildman–Crippen LogP) is 1.39. The Bertz CT molecular complexity index is 729. The molecular formula is C18H36F6N4NiO6S4. The summed E-state index contributed by atoms with van der Waals surface area (Å²) in [6.45, 7) is 11.9. The Balaban J connectivity index is -0.000000628. The molecule has 1 rings (SSSR count). The summed E-state index contributed by atoms with van der Waals surface area (Å²) in [7, 11) is -12.2. The number of hydrogen-bond acceptors (Lipinski definition) is 12. The van der Waals surface area contributed by atoms with E-state index in [1.807, 2.05) is 23.5 Å². The molecule has 0 radical (unpaired) electrons. The van der Waals surface area contributed by atoms with E-state index in [0.29, 0.717) is 0 Å². The molecule has 0 amide bonds. The van der Waals surface area contributed by atoms with Crippen LogP contribution in [0.3, 0.4) is 0 Å². The number of hydrogen-bond donors (Lipinski definition) is 2. The van der Waals surface area contributed by atoms with Gasteiger partial charge in [0, 0.05) is 50.8 Å². The van der Waals surface area contributed by atoms with Crippen LogP contribution in [0.4, 0.5) is 26.3 Å². The van der Waals surface area contributed by atoms with Crippen molar-refractivity contribution in [3.8, 4) is 0 Å². The molecule has 0 unspecified atom stereocenters. The molecule has 0 aromatic carbocycles. The fourth-order valence-electron chi connectivity index (χ4n) is 2.69. The number of halogens is 6. The van der Waals surface area contributed by atoms with E-state index >= 15 is 0 Å². The van der Waals surface area contributed by atoms with Gasteiger partial charge < -0.3 is 29.5 Å². The molecule has 10 nitrogen and oxygen atoms in total. The molecule has 0 atom stereocenters. The van der Waals surface area contributed by atoms with Gasteiger partial charge in [0.1, 0.15) is 0 Å². The van der Waals surface area contributed by atoms with E-state index < -0.39 is 31.3 Å². The maximum Gasteiger partial charge on any atom is 2.00 e. The number of thioether (sulfide) groups is 2. The molecule has 0 aliphatic carbocycles. The van der Waals surface area contributed by atoms with Gasteiger partial charge in [-0.05, 0) is 51.5 Å². The van der Waals surface area contributed by atoms with E-state index in [1.165, 1.54) is 63.6 Å². The molecule has 2 N–H and O–H groups in total. The van der Waals surface area contributed by atoms with E-state index in [9.17, 15) is 26.3 Å². The molecule has 39 heavy (non-hydrogen) atoms. The van der Waals surface area contributed by atoms with Crippen LogP contribution in [-0.4, -0.2) is 136 Å². The molecule has 21 heteroatoms. The molecule has 1 aliphatic heterocycles. The van der Waals surface area contributed by atoms with E-state index in [0.717, 1.165) is 26.2 Å². The van der Waals surface area contributed by atoms with Gasteiger partial charge in [0.2, 0.25) is 0 Å². The second-order valence-electron chi connectivity index (χ2n) is 7.68. The molecular weight excluding hydrogens is 669 g/mol. The van der Waals surface area contributed by atoms with Crippen molar-refractivity contribution in [2.75, 3.05) is 89.5 Å². The first-order chi connectivity index (χ1) is 17.4. The molecule has 0 aromatic rings. The zero-order chi connectivity index (χ0) is 29.9. The molecule has 0 spiro atoms. The number of nitrogens with zero attached hydrogens (tertiary/aromatic N) is 2. The molecule has 1 fully saturated rings. The third-order valence-electron chi connectivity index (χ3n) is 4.66. The molecule has 1 heterocycles. The average Bonchev–Trinajstić information content (AvgIpc) is 2.76. The summed E-state index contributed by atoms with van der Waals surface area (Å²) in [4.78, 5) is 5.23. The zero-order valence-corrected chi connectivity index (χ0v) is 25.7. The third kappa shape index (κ3) is 25.8. The first-order valence-corrected chi connectivity index (χ1v) is 16.9. The summed E-state index contributed by atoms with van der Waals surface area (Å²) >= 11 is 3.90. The van der Waals surface area contributed by atoms with Crippen LogP contribution < -0.4 is 10.6 Å². The molecule has 0 saturated carbocycles. The van der Waals surface area contributed by atoms with Gasteiger partial charge in [-0.3, -0.25) is 0 Å². The second kappa shape index (κ2) is 23.0. The van der Waals surface area contributed by atoms with Crippen molar-refractivity contribution in [2.24, 2.45) is 0 Å². The van der Waals surface area contributed by atoms with Crippen LogP contribution in [-0.2, 0) is 36.7 Å². The average molecular weight is 705 g/mol. The van der Waals surface area contributed by atoms with Gasteiger partial charge >= 0.3 is 27.5 Å². The minimum Gasteiger partial charge on any atom is -0.741 e. The van der Waals surface area contributed by atoms with Gasteiger partial charge in [0.25, 0.3) is 0 Å². The van der Waals surface area contributed by atoms with Gasteiger partial charge in [0.15, 0.2) is 20.2 Å². The maximum atomic E-state index is 10.7. The minimum absolute atomic E-state index is 0. The molecule has 1 aliphatic rings. The van der Waals surface area contributed by atoms with Crippen molar-refractivity contribution in [2.45, 2.75) is 23.9 Å². The van der Waals surface area contributed by atoms with E-state index in [1.54, 1.807) is 0 Å². The Labute approximate surface area is 245 Å². The summed E-state index contributed by atoms with van der Waals surface area (Å²) < 4.78 is 118. The topological polar surface area (TPSA) is 145 Å². The largest absolute Gasteiger partial charge is 2.00 e. The van der Waals surface area contributed by atoms with Gasteiger partial charge in [-0.15, -0.1) is 0 Å².